The zero-order valence-electron chi connectivity index (χ0n) is 14.8. The fourth-order valence-corrected chi connectivity index (χ4v) is 3.95. The number of ether oxygens (including phenoxy) is 1. The van der Waals surface area contributed by atoms with Gasteiger partial charge in [0.1, 0.15) is 16.1 Å². The molecular formula is C14H23ClN4O5S. The molecule has 1 heterocycles. The number of esters is 1. The van der Waals surface area contributed by atoms with Crippen LogP contribution < -0.4 is 10.0 Å². The molecule has 9 nitrogen and oxygen atoms in total. The van der Waals surface area contributed by atoms with Gasteiger partial charge in [-0.3, -0.25) is 9.48 Å². The van der Waals surface area contributed by atoms with E-state index in [0.29, 0.717) is 6.42 Å². The van der Waals surface area contributed by atoms with E-state index in [1.54, 1.807) is 0 Å². The van der Waals surface area contributed by atoms with Crippen molar-refractivity contribution < 1.29 is 22.7 Å². The van der Waals surface area contributed by atoms with Gasteiger partial charge >= 0.3 is 5.97 Å². The number of halogens is 1. The van der Waals surface area contributed by atoms with Gasteiger partial charge in [0.25, 0.3) is 0 Å². The highest BCUT2D eigenvalue weighted by Gasteiger charge is 2.27. The first-order chi connectivity index (χ1) is 11.5. The predicted molar refractivity (Wildman–Crippen MR) is 91.5 cm³/mol. The van der Waals surface area contributed by atoms with Crippen molar-refractivity contribution in [1.82, 2.24) is 19.8 Å². The average Bonchev–Trinajstić information content (AvgIpc) is 2.76. The first kappa shape index (κ1) is 21.4. The summed E-state index contributed by atoms with van der Waals surface area (Å²) >= 11 is 5.94. The first-order valence-electron chi connectivity index (χ1n) is 7.55. The standard InChI is InChI=1S/C14H23ClN4O5S/c1-8(2)6-10(14(21)24-5)17-11(20)7-16-25(22,23)12-9(3)18-19(4)13(12)15/h8,10,16H,6-7H2,1-5H3,(H,17,20). The largest absolute Gasteiger partial charge is 0.467 e. The fourth-order valence-electron chi connectivity index (χ4n) is 2.22. The molecule has 2 N–H and O–H groups in total. The Kier molecular flexibility index (Phi) is 7.39. The van der Waals surface area contributed by atoms with Crippen LogP contribution in [0.25, 0.3) is 0 Å². The van der Waals surface area contributed by atoms with E-state index in [1.165, 1.54) is 25.8 Å². The Balaban J connectivity index is 2.78. The molecule has 1 aromatic rings. The monoisotopic (exact) mass is 394 g/mol. The summed E-state index contributed by atoms with van der Waals surface area (Å²) in [6.07, 6.45) is 0.374. The van der Waals surface area contributed by atoms with Crippen LogP contribution in [0.2, 0.25) is 5.15 Å². The Hall–Kier alpha value is -1.65. The van der Waals surface area contributed by atoms with Gasteiger partial charge in [0.15, 0.2) is 0 Å². The van der Waals surface area contributed by atoms with Crippen LogP contribution in [0.1, 0.15) is 26.0 Å². The summed E-state index contributed by atoms with van der Waals surface area (Å²) in [6, 6.07) is -0.842. The second-order valence-electron chi connectivity index (χ2n) is 5.93. The third-order valence-electron chi connectivity index (χ3n) is 3.32. The molecular weight excluding hydrogens is 372 g/mol. The lowest BCUT2D eigenvalue weighted by atomic mass is 10.0. The number of methoxy groups -OCH3 is 1. The summed E-state index contributed by atoms with van der Waals surface area (Å²) in [7, 11) is -1.29. The molecule has 1 rings (SSSR count). The van der Waals surface area contributed by atoms with Gasteiger partial charge in [0.2, 0.25) is 15.9 Å². The van der Waals surface area contributed by atoms with Crippen LogP contribution in [0.15, 0.2) is 4.90 Å². The molecule has 0 saturated carbocycles. The molecule has 25 heavy (non-hydrogen) atoms. The minimum Gasteiger partial charge on any atom is -0.467 e. The van der Waals surface area contributed by atoms with Gasteiger partial charge in [0.05, 0.1) is 19.3 Å². The number of sulfonamides is 1. The third kappa shape index (κ3) is 5.68. The highest BCUT2D eigenvalue weighted by Crippen LogP contribution is 2.23. The summed E-state index contributed by atoms with van der Waals surface area (Å²) in [5.74, 6) is -1.11. The van der Waals surface area contributed by atoms with E-state index in [2.05, 4.69) is 19.9 Å². The fraction of sp³-hybridized carbons (Fsp3) is 0.643. The van der Waals surface area contributed by atoms with Gasteiger partial charge in [-0.15, -0.1) is 0 Å². The van der Waals surface area contributed by atoms with Gasteiger partial charge in [-0.05, 0) is 19.3 Å². The molecule has 0 aliphatic heterocycles. The van der Waals surface area contributed by atoms with Crippen LogP contribution in [0, 0.1) is 12.8 Å². The number of rotatable bonds is 8. The van der Waals surface area contributed by atoms with E-state index in [1.807, 2.05) is 13.8 Å². The second kappa shape index (κ2) is 8.63. The molecule has 142 valence electrons. The van der Waals surface area contributed by atoms with Crippen LogP contribution in [-0.4, -0.2) is 49.8 Å². The number of aryl methyl sites for hydroxylation is 2. The quantitative estimate of drug-likeness (QED) is 0.614. The number of hydrogen-bond donors (Lipinski definition) is 2. The highest BCUT2D eigenvalue weighted by atomic mass is 35.5. The average molecular weight is 395 g/mol. The third-order valence-corrected chi connectivity index (χ3v) is 5.42. The lowest BCUT2D eigenvalue weighted by Gasteiger charge is -2.18. The van der Waals surface area contributed by atoms with Gasteiger partial charge in [-0.1, -0.05) is 25.4 Å². The van der Waals surface area contributed by atoms with E-state index < -0.39 is 34.5 Å². The number of carbonyl (C=O) groups is 2. The molecule has 1 atom stereocenters. The van der Waals surface area contributed by atoms with Crippen molar-refractivity contribution in [3.05, 3.63) is 10.8 Å². The molecule has 0 saturated heterocycles. The van der Waals surface area contributed by atoms with Crippen molar-refractivity contribution in [1.29, 1.82) is 0 Å². The Morgan fingerprint density at radius 3 is 2.40 bits per heavy atom. The molecule has 0 bridgehead atoms. The minimum atomic E-state index is -4.02. The maximum Gasteiger partial charge on any atom is 0.328 e. The summed E-state index contributed by atoms with van der Waals surface area (Å²) in [4.78, 5) is 23.5. The Morgan fingerprint density at radius 2 is 1.96 bits per heavy atom. The number of hydrogen-bond acceptors (Lipinski definition) is 6. The normalized spacial score (nSPS) is 12.9. The Morgan fingerprint density at radius 1 is 1.36 bits per heavy atom. The van der Waals surface area contributed by atoms with E-state index >= 15 is 0 Å². The topological polar surface area (TPSA) is 119 Å². The first-order valence-corrected chi connectivity index (χ1v) is 9.41. The van der Waals surface area contributed by atoms with Gasteiger partial charge in [0, 0.05) is 7.05 Å². The zero-order valence-corrected chi connectivity index (χ0v) is 16.4. The van der Waals surface area contributed by atoms with Gasteiger partial charge in [-0.2, -0.15) is 5.10 Å². The second-order valence-corrected chi connectivity index (χ2v) is 7.99. The smallest absolute Gasteiger partial charge is 0.328 e. The number of nitrogens with one attached hydrogen (secondary N) is 2. The van der Waals surface area contributed by atoms with E-state index in [9.17, 15) is 18.0 Å². The van der Waals surface area contributed by atoms with Crippen molar-refractivity contribution in [2.24, 2.45) is 13.0 Å². The molecule has 1 amide bonds. The molecule has 0 radical (unpaired) electrons. The minimum absolute atomic E-state index is 0.0577. The maximum absolute atomic E-state index is 12.3. The summed E-state index contributed by atoms with van der Waals surface area (Å²) in [5, 5.41) is 6.33. The van der Waals surface area contributed by atoms with E-state index in [4.69, 9.17) is 11.6 Å². The SMILES string of the molecule is COC(=O)C(CC(C)C)NC(=O)CNS(=O)(=O)c1c(C)nn(C)c1Cl. The Labute approximate surface area is 152 Å². The summed E-state index contributed by atoms with van der Waals surface area (Å²) in [5.41, 5.74) is 0.215. The molecule has 11 heteroatoms. The van der Waals surface area contributed by atoms with Crippen LogP contribution in [0.3, 0.4) is 0 Å². The molecule has 1 unspecified atom stereocenters. The van der Waals surface area contributed by atoms with Crippen molar-refractivity contribution in [3.63, 3.8) is 0 Å². The highest BCUT2D eigenvalue weighted by molar-refractivity contribution is 7.89. The maximum atomic E-state index is 12.3. The van der Waals surface area contributed by atoms with Crippen molar-refractivity contribution in [2.45, 2.75) is 38.1 Å². The van der Waals surface area contributed by atoms with Crippen LogP contribution in [-0.2, 0) is 31.4 Å². The number of carbonyl (C=O) groups excluding carboxylic acids is 2. The number of aromatic nitrogens is 2. The molecule has 0 aliphatic rings. The number of nitrogens with zero attached hydrogens (tertiary/aromatic N) is 2. The summed E-state index contributed by atoms with van der Waals surface area (Å²) < 4.78 is 32.7. The van der Waals surface area contributed by atoms with Crippen LogP contribution >= 0.6 is 11.6 Å². The Bertz CT molecular complexity index is 745. The van der Waals surface area contributed by atoms with Crippen LogP contribution in [0.5, 0.6) is 0 Å². The predicted octanol–water partition coefficient (Wildman–Crippen LogP) is 0.364. The van der Waals surface area contributed by atoms with Crippen molar-refractivity contribution in [3.8, 4) is 0 Å². The molecule has 0 aromatic carbocycles. The zero-order chi connectivity index (χ0) is 19.4. The van der Waals surface area contributed by atoms with Gasteiger partial charge in [-0.25, -0.2) is 17.9 Å². The van der Waals surface area contributed by atoms with E-state index in [0.717, 1.165) is 0 Å². The van der Waals surface area contributed by atoms with Crippen molar-refractivity contribution in [2.75, 3.05) is 13.7 Å². The molecule has 0 spiro atoms. The van der Waals surface area contributed by atoms with Gasteiger partial charge < -0.3 is 10.1 Å². The lowest BCUT2D eigenvalue weighted by Crippen LogP contribution is -2.46. The molecule has 0 fully saturated rings. The van der Waals surface area contributed by atoms with Crippen molar-refractivity contribution >= 4 is 33.5 Å². The summed E-state index contributed by atoms with van der Waals surface area (Å²) in [6.45, 7) is 4.73. The lowest BCUT2D eigenvalue weighted by molar-refractivity contribution is -0.145. The molecule has 0 aliphatic carbocycles. The number of amides is 1. The molecule has 1 aromatic heterocycles. The van der Waals surface area contributed by atoms with E-state index in [-0.39, 0.29) is 21.7 Å². The van der Waals surface area contributed by atoms with Crippen LogP contribution in [0.4, 0.5) is 0 Å².